The van der Waals surface area contributed by atoms with Gasteiger partial charge in [0.2, 0.25) is 15.9 Å². The lowest BCUT2D eigenvalue weighted by molar-refractivity contribution is -0.117. The monoisotopic (exact) mass is 474 g/mol. The van der Waals surface area contributed by atoms with Gasteiger partial charge in [-0.25, -0.2) is 8.42 Å². The average molecular weight is 475 g/mol. The molecule has 2 N–H and O–H groups in total. The number of ether oxygens (including phenoxy) is 1. The number of carbonyl (C=O) groups is 1. The number of nitrogens with one attached hydrogen (secondary N) is 2. The minimum absolute atomic E-state index is 0.0620. The third-order valence-corrected chi connectivity index (χ3v) is 6.88. The maximum Gasteiger partial charge on any atom is 0.242 e. The van der Waals surface area contributed by atoms with E-state index in [1.54, 1.807) is 18.2 Å². The molecule has 0 spiro atoms. The molecule has 4 aromatic carbocycles. The summed E-state index contributed by atoms with van der Waals surface area (Å²) in [6.07, 6.45) is 0.202. The number of fused-ring (bicyclic) bond motifs is 1. The van der Waals surface area contributed by atoms with E-state index in [1.165, 1.54) is 12.1 Å². The molecule has 4 aromatic rings. The van der Waals surface area contributed by atoms with Gasteiger partial charge in [0.25, 0.3) is 0 Å². The Morgan fingerprint density at radius 3 is 2.26 bits per heavy atom. The number of rotatable bonds is 9. The van der Waals surface area contributed by atoms with Gasteiger partial charge < -0.3 is 10.1 Å². The first-order chi connectivity index (χ1) is 16.5. The zero-order valence-electron chi connectivity index (χ0n) is 18.8. The van der Waals surface area contributed by atoms with E-state index in [9.17, 15) is 13.2 Å². The van der Waals surface area contributed by atoms with Gasteiger partial charge in [-0.1, -0.05) is 66.7 Å². The summed E-state index contributed by atoms with van der Waals surface area (Å²) < 4.78 is 34.3. The Morgan fingerprint density at radius 2 is 1.53 bits per heavy atom. The van der Waals surface area contributed by atoms with E-state index in [1.807, 2.05) is 73.7 Å². The van der Waals surface area contributed by atoms with E-state index >= 15 is 0 Å². The molecule has 34 heavy (non-hydrogen) atoms. The Balaban J connectivity index is 1.61. The number of carbonyl (C=O) groups excluding carboxylic acids is 1. The summed E-state index contributed by atoms with van der Waals surface area (Å²) in [5, 5.41) is 4.78. The molecule has 0 fully saturated rings. The summed E-state index contributed by atoms with van der Waals surface area (Å²) in [4.78, 5) is 13.4. The van der Waals surface area contributed by atoms with Crippen LogP contribution in [0.15, 0.2) is 102 Å². The number of hydrogen-bond acceptors (Lipinski definition) is 4. The summed E-state index contributed by atoms with van der Waals surface area (Å²) in [5.41, 5.74) is 1.47. The van der Waals surface area contributed by atoms with Crippen molar-refractivity contribution >= 4 is 32.4 Å². The van der Waals surface area contributed by atoms with E-state index in [0.717, 1.165) is 16.3 Å². The highest BCUT2D eigenvalue weighted by Gasteiger charge is 2.26. The molecule has 0 aliphatic carbocycles. The average Bonchev–Trinajstić information content (AvgIpc) is 2.85. The highest BCUT2D eigenvalue weighted by Crippen LogP contribution is 2.24. The van der Waals surface area contributed by atoms with E-state index in [4.69, 9.17) is 4.74 Å². The molecule has 7 heteroatoms. The fraction of sp³-hybridized carbons (Fsp3) is 0.148. The fourth-order valence-corrected chi connectivity index (χ4v) is 4.92. The van der Waals surface area contributed by atoms with Gasteiger partial charge in [-0.3, -0.25) is 4.79 Å². The van der Waals surface area contributed by atoms with Gasteiger partial charge >= 0.3 is 0 Å². The third kappa shape index (κ3) is 5.62. The van der Waals surface area contributed by atoms with Crippen LogP contribution in [0.5, 0.6) is 5.75 Å². The van der Waals surface area contributed by atoms with E-state index in [0.29, 0.717) is 18.0 Å². The third-order valence-electron chi connectivity index (χ3n) is 5.39. The summed E-state index contributed by atoms with van der Waals surface area (Å²) in [5.74, 6) is 0.144. The van der Waals surface area contributed by atoms with Gasteiger partial charge in [0.15, 0.2) is 0 Å². The number of hydrogen-bond donors (Lipinski definition) is 2. The second-order valence-electron chi connectivity index (χ2n) is 7.78. The van der Waals surface area contributed by atoms with Crippen LogP contribution >= 0.6 is 0 Å². The minimum Gasteiger partial charge on any atom is -0.494 e. The van der Waals surface area contributed by atoms with Crippen molar-refractivity contribution in [2.24, 2.45) is 0 Å². The molecule has 0 saturated heterocycles. The number of sulfonamides is 1. The van der Waals surface area contributed by atoms with E-state index in [-0.39, 0.29) is 11.3 Å². The van der Waals surface area contributed by atoms with Crippen molar-refractivity contribution in [2.75, 3.05) is 11.9 Å². The maximum absolute atomic E-state index is 13.4. The molecular formula is C27H26N2O4S. The Kier molecular flexibility index (Phi) is 7.25. The van der Waals surface area contributed by atoms with Gasteiger partial charge in [-0.2, -0.15) is 4.72 Å². The van der Waals surface area contributed by atoms with Gasteiger partial charge in [0.1, 0.15) is 11.8 Å². The van der Waals surface area contributed by atoms with Crippen molar-refractivity contribution in [1.29, 1.82) is 0 Å². The predicted molar refractivity (Wildman–Crippen MR) is 134 cm³/mol. The summed E-state index contributed by atoms with van der Waals surface area (Å²) >= 11 is 0. The lowest BCUT2D eigenvalue weighted by Gasteiger charge is -2.19. The van der Waals surface area contributed by atoms with Crippen molar-refractivity contribution in [2.45, 2.75) is 24.3 Å². The first-order valence-electron chi connectivity index (χ1n) is 11.0. The maximum atomic E-state index is 13.4. The van der Waals surface area contributed by atoms with Crippen LogP contribution in [-0.2, 0) is 21.2 Å². The highest BCUT2D eigenvalue weighted by molar-refractivity contribution is 7.89. The lowest BCUT2D eigenvalue weighted by atomic mass is 10.1. The van der Waals surface area contributed by atoms with Crippen LogP contribution in [-0.4, -0.2) is 27.0 Å². The van der Waals surface area contributed by atoms with Gasteiger partial charge in [-0.05, 0) is 54.6 Å². The molecule has 4 rings (SSSR count). The fourth-order valence-electron chi connectivity index (χ4n) is 3.73. The predicted octanol–water partition coefficient (Wildman–Crippen LogP) is 4.77. The van der Waals surface area contributed by atoms with Gasteiger partial charge in [-0.15, -0.1) is 0 Å². The molecule has 0 aliphatic rings. The van der Waals surface area contributed by atoms with Crippen LogP contribution in [0.2, 0.25) is 0 Å². The summed E-state index contributed by atoms with van der Waals surface area (Å²) in [6.45, 7) is 2.34. The van der Waals surface area contributed by atoms with Gasteiger partial charge in [0.05, 0.1) is 11.5 Å². The molecule has 6 nitrogen and oxygen atoms in total. The molecule has 174 valence electrons. The summed E-state index contributed by atoms with van der Waals surface area (Å²) in [7, 11) is -3.96. The standard InChI is InChI=1S/C27H26N2O4S/c1-2-33-22-15-17-23(18-16-22)34(31,32)29-26(19-20-9-4-3-5-10-20)27(30)28-25-14-8-12-21-11-6-7-13-24(21)25/h3-18,26,29H,2,19H2,1H3,(H,28,30). The number of amides is 1. The minimum atomic E-state index is -3.96. The lowest BCUT2D eigenvalue weighted by Crippen LogP contribution is -2.45. The van der Waals surface area contributed by atoms with Crippen molar-refractivity contribution < 1.29 is 17.9 Å². The second kappa shape index (κ2) is 10.5. The van der Waals surface area contributed by atoms with Crippen molar-refractivity contribution in [3.8, 4) is 5.75 Å². The molecule has 0 aromatic heterocycles. The Morgan fingerprint density at radius 1 is 0.853 bits per heavy atom. The molecule has 0 bridgehead atoms. The summed E-state index contributed by atoms with van der Waals surface area (Å²) in [6, 6.07) is 27.8. The van der Waals surface area contributed by atoms with Crippen molar-refractivity contribution in [1.82, 2.24) is 4.72 Å². The SMILES string of the molecule is CCOc1ccc(S(=O)(=O)NC(Cc2ccccc2)C(=O)Nc2cccc3ccccc23)cc1. The van der Waals surface area contributed by atoms with Crippen LogP contribution < -0.4 is 14.8 Å². The number of benzene rings is 4. The highest BCUT2D eigenvalue weighted by atomic mass is 32.2. The Bertz CT molecular complexity index is 1370. The quantitative estimate of drug-likeness (QED) is 0.366. The van der Waals surface area contributed by atoms with Crippen LogP contribution in [0.25, 0.3) is 10.8 Å². The normalized spacial score (nSPS) is 12.3. The molecule has 1 unspecified atom stereocenters. The van der Waals surface area contributed by atoms with Crippen LogP contribution in [0.3, 0.4) is 0 Å². The first kappa shape index (κ1) is 23.5. The molecule has 1 atom stereocenters. The van der Waals surface area contributed by atoms with E-state index < -0.39 is 22.0 Å². The van der Waals surface area contributed by atoms with Crippen LogP contribution in [0.4, 0.5) is 5.69 Å². The topological polar surface area (TPSA) is 84.5 Å². The smallest absolute Gasteiger partial charge is 0.242 e. The van der Waals surface area contributed by atoms with Crippen molar-refractivity contribution in [3.63, 3.8) is 0 Å². The largest absolute Gasteiger partial charge is 0.494 e. The molecule has 0 aliphatic heterocycles. The Hall–Kier alpha value is -3.68. The van der Waals surface area contributed by atoms with Crippen LogP contribution in [0, 0.1) is 0 Å². The molecular weight excluding hydrogens is 448 g/mol. The van der Waals surface area contributed by atoms with Gasteiger partial charge in [0, 0.05) is 11.1 Å². The molecule has 1 amide bonds. The van der Waals surface area contributed by atoms with Crippen molar-refractivity contribution in [3.05, 3.63) is 103 Å². The number of anilines is 1. The van der Waals surface area contributed by atoms with E-state index in [2.05, 4.69) is 10.0 Å². The Labute approximate surface area is 199 Å². The second-order valence-corrected chi connectivity index (χ2v) is 9.50. The molecule has 0 saturated carbocycles. The zero-order chi connectivity index (χ0) is 24.0. The molecule has 0 heterocycles. The first-order valence-corrected chi connectivity index (χ1v) is 12.5. The van der Waals surface area contributed by atoms with Crippen LogP contribution in [0.1, 0.15) is 12.5 Å². The molecule has 0 radical (unpaired) electrons. The zero-order valence-corrected chi connectivity index (χ0v) is 19.6.